The van der Waals surface area contributed by atoms with Gasteiger partial charge in [0.2, 0.25) is 10.2 Å². The minimum Gasteiger partial charge on any atom is -0.280 e. The molecule has 1 aliphatic heterocycles. The number of hydrogen-bond acceptors (Lipinski definition) is 3. The predicted octanol–water partition coefficient (Wildman–Crippen LogP) is 1.79. The van der Waals surface area contributed by atoms with Gasteiger partial charge in [0, 0.05) is 0 Å². The van der Waals surface area contributed by atoms with Crippen LogP contribution in [0.4, 0.5) is 0 Å². The van der Waals surface area contributed by atoms with Crippen molar-refractivity contribution in [3.8, 4) is 0 Å². The van der Waals surface area contributed by atoms with Gasteiger partial charge >= 0.3 is 0 Å². The Hall–Kier alpha value is 0.390. The first kappa shape index (κ1) is 7.50. The summed E-state index contributed by atoms with van der Waals surface area (Å²) in [6.07, 6.45) is 0. The highest BCUT2D eigenvalue weighted by Crippen LogP contribution is 2.34. The minimum atomic E-state index is -0.230. The molecule has 0 aromatic rings. The fourth-order valence-corrected chi connectivity index (χ4v) is 2.01. The molecule has 0 saturated carbocycles. The van der Waals surface area contributed by atoms with Crippen molar-refractivity contribution in [2.75, 3.05) is 0 Å². The molecule has 0 aromatic heterocycles. The molecular weight excluding hydrogens is 272 g/mol. The van der Waals surface area contributed by atoms with Crippen molar-refractivity contribution in [2.45, 2.75) is 0 Å². The number of hydrogen-bond donors (Lipinski definition) is 0. The Bertz CT molecular complexity index is 199. The van der Waals surface area contributed by atoms with Crippen LogP contribution in [0.15, 0.2) is 8.96 Å². The third kappa shape index (κ3) is 1.28. The Morgan fingerprint density at radius 1 is 1.00 bits per heavy atom. The van der Waals surface area contributed by atoms with E-state index in [0.717, 1.165) is 0 Å². The van der Waals surface area contributed by atoms with Crippen molar-refractivity contribution in [1.82, 2.24) is 0 Å². The highest BCUT2D eigenvalue weighted by molar-refractivity contribution is 9.15. The van der Waals surface area contributed by atoms with Gasteiger partial charge in [0.25, 0.3) is 0 Å². The molecule has 1 heterocycles. The summed E-state index contributed by atoms with van der Waals surface area (Å²) in [6, 6.07) is 0. The Labute approximate surface area is 72.3 Å². The van der Waals surface area contributed by atoms with E-state index in [1.807, 2.05) is 0 Å². The van der Waals surface area contributed by atoms with Gasteiger partial charge in [0.15, 0.2) is 0 Å². The van der Waals surface area contributed by atoms with Crippen LogP contribution in [0.5, 0.6) is 0 Å². The van der Waals surface area contributed by atoms with E-state index in [0.29, 0.717) is 20.7 Å². The molecule has 1 aliphatic rings. The second-order valence-corrected chi connectivity index (χ2v) is 3.84. The highest BCUT2D eigenvalue weighted by Gasteiger charge is 2.28. The smallest absolute Gasteiger partial charge is 0.235 e. The number of carbonyl (C=O) groups is 2. The first-order valence-electron chi connectivity index (χ1n) is 1.94. The van der Waals surface area contributed by atoms with Crippen LogP contribution in [0.3, 0.4) is 0 Å². The molecule has 0 N–H and O–H groups in total. The van der Waals surface area contributed by atoms with Gasteiger partial charge in [-0.1, -0.05) is 0 Å². The Morgan fingerprint density at radius 3 is 1.44 bits per heavy atom. The standard InChI is InChI=1S/C4Br2O2S/c5-1-2(6)4(8)9-3(1)7. The summed E-state index contributed by atoms with van der Waals surface area (Å²) in [7, 11) is 0. The molecule has 0 atom stereocenters. The van der Waals surface area contributed by atoms with Crippen LogP contribution in [0, 0.1) is 0 Å². The second kappa shape index (κ2) is 2.56. The van der Waals surface area contributed by atoms with Crippen molar-refractivity contribution in [3.05, 3.63) is 8.96 Å². The first-order valence-corrected chi connectivity index (χ1v) is 4.35. The molecule has 0 bridgehead atoms. The average Bonchev–Trinajstić information content (AvgIpc) is 1.98. The molecule has 0 amide bonds. The number of thioether (sulfide) groups is 1. The van der Waals surface area contributed by atoms with Gasteiger partial charge in [-0.25, -0.2) is 0 Å². The van der Waals surface area contributed by atoms with Gasteiger partial charge in [0.1, 0.15) is 0 Å². The normalized spacial score (nSPS) is 19.8. The van der Waals surface area contributed by atoms with Crippen LogP contribution in [0.2, 0.25) is 0 Å². The van der Waals surface area contributed by atoms with Gasteiger partial charge < -0.3 is 0 Å². The first-order chi connectivity index (χ1) is 4.13. The van der Waals surface area contributed by atoms with Crippen molar-refractivity contribution in [3.63, 3.8) is 0 Å². The fourth-order valence-electron chi connectivity index (χ4n) is 0.353. The topological polar surface area (TPSA) is 34.1 Å². The zero-order valence-electron chi connectivity index (χ0n) is 3.98. The van der Waals surface area contributed by atoms with Gasteiger partial charge in [0.05, 0.1) is 8.96 Å². The minimum absolute atomic E-state index is 0.230. The van der Waals surface area contributed by atoms with Gasteiger partial charge in [-0.3, -0.25) is 9.59 Å². The largest absolute Gasteiger partial charge is 0.280 e. The van der Waals surface area contributed by atoms with E-state index in [2.05, 4.69) is 31.9 Å². The van der Waals surface area contributed by atoms with Crippen LogP contribution in [-0.2, 0) is 9.59 Å². The maximum atomic E-state index is 10.6. The average molecular weight is 272 g/mol. The molecule has 0 unspecified atom stereocenters. The molecule has 0 aromatic carbocycles. The molecule has 2 nitrogen and oxygen atoms in total. The lowest BCUT2D eigenvalue weighted by molar-refractivity contribution is -0.107. The Morgan fingerprint density at radius 2 is 1.33 bits per heavy atom. The molecule has 1 rings (SSSR count). The maximum Gasteiger partial charge on any atom is 0.235 e. The fraction of sp³-hybridized carbons (Fsp3) is 0. The van der Waals surface area contributed by atoms with Gasteiger partial charge in [-0.15, -0.1) is 0 Å². The SMILES string of the molecule is O=C1SC(=O)C(Br)=C1Br. The van der Waals surface area contributed by atoms with Crippen LogP contribution in [0.25, 0.3) is 0 Å². The summed E-state index contributed by atoms with van der Waals surface area (Å²) >= 11 is 6.59. The summed E-state index contributed by atoms with van der Waals surface area (Å²) in [6.45, 7) is 0. The molecule has 48 valence electrons. The van der Waals surface area contributed by atoms with Crippen molar-refractivity contribution in [2.24, 2.45) is 0 Å². The number of rotatable bonds is 0. The number of halogens is 2. The Kier molecular flexibility index (Phi) is 2.13. The van der Waals surface area contributed by atoms with E-state index in [4.69, 9.17) is 0 Å². The van der Waals surface area contributed by atoms with E-state index < -0.39 is 0 Å². The van der Waals surface area contributed by atoms with E-state index in [1.165, 1.54) is 0 Å². The summed E-state index contributed by atoms with van der Waals surface area (Å²) < 4.78 is 0.662. The van der Waals surface area contributed by atoms with Gasteiger partial charge in [-0.2, -0.15) is 0 Å². The zero-order valence-corrected chi connectivity index (χ0v) is 7.97. The third-order valence-electron chi connectivity index (χ3n) is 0.737. The van der Waals surface area contributed by atoms with Gasteiger partial charge in [-0.05, 0) is 43.6 Å². The summed E-state index contributed by atoms with van der Waals surface area (Å²) in [5.74, 6) is 0. The summed E-state index contributed by atoms with van der Waals surface area (Å²) in [5, 5.41) is -0.459. The van der Waals surface area contributed by atoms with E-state index in [-0.39, 0.29) is 10.2 Å². The van der Waals surface area contributed by atoms with Crippen LogP contribution in [-0.4, -0.2) is 10.2 Å². The summed E-state index contributed by atoms with van der Waals surface area (Å²) in [5.41, 5.74) is 0. The van der Waals surface area contributed by atoms with E-state index in [9.17, 15) is 9.59 Å². The van der Waals surface area contributed by atoms with Crippen molar-refractivity contribution < 1.29 is 9.59 Å². The molecule has 0 radical (unpaired) electrons. The molecule has 5 heteroatoms. The van der Waals surface area contributed by atoms with Crippen molar-refractivity contribution in [1.29, 1.82) is 0 Å². The van der Waals surface area contributed by atoms with Crippen LogP contribution in [0.1, 0.15) is 0 Å². The molecule has 9 heavy (non-hydrogen) atoms. The highest BCUT2D eigenvalue weighted by atomic mass is 79.9. The monoisotopic (exact) mass is 270 g/mol. The van der Waals surface area contributed by atoms with Crippen LogP contribution >= 0.6 is 43.6 Å². The van der Waals surface area contributed by atoms with E-state index >= 15 is 0 Å². The summed E-state index contributed by atoms with van der Waals surface area (Å²) in [4.78, 5) is 21.2. The lowest BCUT2D eigenvalue weighted by Crippen LogP contribution is -1.82. The third-order valence-corrected chi connectivity index (χ3v) is 4.09. The van der Waals surface area contributed by atoms with Crippen molar-refractivity contribution >= 4 is 53.9 Å². The lowest BCUT2D eigenvalue weighted by atomic mass is 10.6. The molecule has 0 fully saturated rings. The maximum absolute atomic E-state index is 10.6. The lowest BCUT2D eigenvalue weighted by Gasteiger charge is -1.78. The number of carbonyl (C=O) groups excluding carboxylic acids is 2. The molecule has 0 saturated heterocycles. The predicted molar refractivity (Wildman–Crippen MR) is 42.5 cm³/mol. The Balaban J connectivity index is 3.06. The zero-order chi connectivity index (χ0) is 7.02. The quantitative estimate of drug-likeness (QED) is 0.674. The molecule has 0 spiro atoms. The van der Waals surface area contributed by atoms with E-state index in [1.54, 1.807) is 0 Å². The molecule has 0 aliphatic carbocycles. The van der Waals surface area contributed by atoms with Crippen LogP contribution < -0.4 is 0 Å². The second-order valence-electron chi connectivity index (χ2n) is 1.30. The molecular formula is C4Br2O2S.